The van der Waals surface area contributed by atoms with Gasteiger partial charge in [-0.2, -0.15) is 0 Å². The average molecular weight is 441 g/mol. The predicted molar refractivity (Wildman–Crippen MR) is 113 cm³/mol. The lowest BCUT2D eigenvalue weighted by molar-refractivity contribution is -0.113. The van der Waals surface area contributed by atoms with Gasteiger partial charge in [-0.15, -0.1) is 21.5 Å². The highest BCUT2D eigenvalue weighted by Crippen LogP contribution is 2.22. The number of amides is 2. The predicted octanol–water partition coefficient (Wildman–Crippen LogP) is 2.98. The summed E-state index contributed by atoms with van der Waals surface area (Å²) in [6.07, 6.45) is 3.07. The van der Waals surface area contributed by atoms with E-state index in [1.165, 1.54) is 29.4 Å². The third-order valence-electron chi connectivity index (χ3n) is 3.88. The summed E-state index contributed by atoms with van der Waals surface area (Å²) in [4.78, 5) is 28.4. The van der Waals surface area contributed by atoms with E-state index in [0.29, 0.717) is 16.1 Å². The molecular weight excluding hydrogens is 424 g/mol. The highest BCUT2D eigenvalue weighted by atomic mass is 32.2. The second-order valence-electron chi connectivity index (χ2n) is 5.90. The number of anilines is 1. The Morgan fingerprint density at radius 1 is 1.13 bits per heavy atom. The first kappa shape index (κ1) is 19.9. The number of carbonyl (C=O) groups excluding carboxylic acids is 2. The minimum atomic E-state index is -0.348. The van der Waals surface area contributed by atoms with Gasteiger partial charge in [-0.1, -0.05) is 30.0 Å². The third kappa shape index (κ3) is 4.75. The Bertz CT molecular complexity index is 1110. The molecule has 152 valence electrons. The second kappa shape index (κ2) is 9.37. The Kier molecular flexibility index (Phi) is 6.20. The number of thiazole rings is 1. The van der Waals surface area contributed by atoms with Crippen LogP contribution in [0.2, 0.25) is 0 Å². The molecule has 11 heteroatoms. The minimum absolute atomic E-state index is 0.142. The number of furan rings is 1. The van der Waals surface area contributed by atoms with Crippen molar-refractivity contribution in [3.8, 4) is 5.69 Å². The van der Waals surface area contributed by atoms with Crippen LogP contribution in [0.25, 0.3) is 5.69 Å². The largest absolute Gasteiger partial charge is 0.459 e. The van der Waals surface area contributed by atoms with Crippen molar-refractivity contribution in [1.82, 2.24) is 25.1 Å². The van der Waals surface area contributed by atoms with Crippen molar-refractivity contribution in [3.63, 3.8) is 0 Å². The van der Waals surface area contributed by atoms with E-state index in [2.05, 4.69) is 25.8 Å². The topological polar surface area (TPSA) is 115 Å². The van der Waals surface area contributed by atoms with Crippen molar-refractivity contribution >= 4 is 40.0 Å². The maximum atomic E-state index is 12.2. The standard InChI is InChI=1S/C19H16N6O3S2/c26-16(22-18-20-8-10-29-18)12-30-19-24-23-15(25(19)13-5-2-1-3-6-13)11-21-17(27)14-7-4-9-28-14/h1-10H,11-12H2,(H,21,27)(H,20,22,26). The zero-order valence-electron chi connectivity index (χ0n) is 15.5. The molecule has 0 aliphatic rings. The maximum Gasteiger partial charge on any atom is 0.287 e. The van der Waals surface area contributed by atoms with Gasteiger partial charge in [0.2, 0.25) is 5.91 Å². The second-order valence-corrected chi connectivity index (χ2v) is 7.74. The molecule has 0 aliphatic heterocycles. The lowest BCUT2D eigenvalue weighted by atomic mass is 10.3. The van der Waals surface area contributed by atoms with Crippen molar-refractivity contribution in [2.75, 3.05) is 11.1 Å². The van der Waals surface area contributed by atoms with Crippen molar-refractivity contribution in [3.05, 3.63) is 71.9 Å². The van der Waals surface area contributed by atoms with Gasteiger partial charge in [-0.05, 0) is 24.3 Å². The molecule has 30 heavy (non-hydrogen) atoms. The summed E-state index contributed by atoms with van der Waals surface area (Å²) in [5, 5.41) is 16.8. The van der Waals surface area contributed by atoms with Crippen LogP contribution in [0, 0.1) is 0 Å². The zero-order chi connectivity index (χ0) is 20.8. The first-order valence-corrected chi connectivity index (χ1v) is 10.7. The van der Waals surface area contributed by atoms with Crippen LogP contribution in [0.15, 0.2) is 69.9 Å². The van der Waals surface area contributed by atoms with Gasteiger partial charge in [0.1, 0.15) is 0 Å². The number of hydrogen-bond donors (Lipinski definition) is 2. The van der Waals surface area contributed by atoms with E-state index in [1.807, 2.05) is 34.9 Å². The Morgan fingerprint density at radius 3 is 2.73 bits per heavy atom. The molecule has 0 saturated carbocycles. The van der Waals surface area contributed by atoms with Crippen LogP contribution in [-0.2, 0) is 11.3 Å². The van der Waals surface area contributed by atoms with E-state index in [-0.39, 0.29) is 29.9 Å². The molecule has 2 amide bonds. The van der Waals surface area contributed by atoms with Gasteiger partial charge >= 0.3 is 0 Å². The smallest absolute Gasteiger partial charge is 0.287 e. The van der Waals surface area contributed by atoms with Crippen molar-refractivity contribution in [1.29, 1.82) is 0 Å². The highest BCUT2D eigenvalue weighted by molar-refractivity contribution is 7.99. The number of nitrogens with one attached hydrogen (secondary N) is 2. The number of rotatable bonds is 8. The SMILES string of the molecule is O=C(CSc1nnc(CNC(=O)c2ccco2)n1-c1ccccc1)Nc1nccs1. The average Bonchev–Trinajstić information content (AvgIpc) is 3.53. The number of thioether (sulfide) groups is 1. The molecule has 0 unspecified atom stereocenters. The summed E-state index contributed by atoms with van der Waals surface area (Å²) in [6.45, 7) is 0.146. The Balaban J connectivity index is 1.49. The number of para-hydroxylation sites is 1. The van der Waals surface area contributed by atoms with Crippen LogP contribution in [0.4, 0.5) is 5.13 Å². The fourth-order valence-corrected chi connectivity index (χ4v) is 3.89. The van der Waals surface area contributed by atoms with Crippen LogP contribution in [0.5, 0.6) is 0 Å². The fourth-order valence-electron chi connectivity index (χ4n) is 2.57. The molecule has 0 saturated heterocycles. The van der Waals surface area contributed by atoms with Gasteiger partial charge in [0.05, 0.1) is 18.6 Å². The number of benzene rings is 1. The van der Waals surface area contributed by atoms with E-state index in [0.717, 1.165) is 5.69 Å². The quantitative estimate of drug-likeness (QED) is 0.405. The van der Waals surface area contributed by atoms with Crippen molar-refractivity contribution in [2.45, 2.75) is 11.7 Å². The third-order valence-corrected chi connectivity index (χ3v) is 5.50. The van der Waals surface area contributed by atoms with Crippen LogP contribution < -0.4 is 10.6 Å². The number of hydrogen-bond acceptors (Lipinski definition) is 8. The number of aromatic nitrogens is 4. The van der Waals surface area contributed by atoms with Crippen LogP contribution in [0.3, 0.4) is 0 Å². The Labute approximate surface area is 179 Å². The van der Waals surface area contributed by atoms with Crippen molar-refractivity contribution < 1.29 is 14.0 Å². The molecule has 0 atom stereocenters. The summed E-state index contributed by atoms with van der Waals surface area (Å²) < 4.78 is 6.91. The van der Waals surface area contributed by atoms with Gasteiger partial charge in [0.15, 0.2) is 21.9 Å². The highest BCUT2D eigenvalue weighted by Gasteiger charge is 2.17. The molecule has 4 aromatic rings. The summed E-state index contributed by atoms with van der Waals surface area (Å²) in [5.41, 5.74) is 0.826. The maximum absolute atomic E-state index is 12.2. The molecular formula is C19H16N6O3S2. The molecule has 1 aromatic carbocycles. The van der Waals surface area contributed by atoms with E-state index in [9.17, 15) is 9.59 Å². The first-order chi connectivity index (χ1) is 14.7. The van der Waals surface area contributed by atoms with Gasteiger partial charge in [-0.3, -0.25) is 14.2 Å². The molecule has 9 nitrogen and oxygen atoms in total. The van der Waals surface area contributed by atoms with Crippen LogP contribution >= 0.6 is 23.1 Å². The molecule has 3 heterocycles. The van der Waals surface area contributed by atoms with Gasteiger partial charge in [0.25, 0.3) is 5.91 Å². The van der Waals surface area contributed by atoms with Gasteiger partial charge < -0.3 is 15.1 Å². The normalized spacial score (nSPS) is 10.7. The van der Waals surface area contributed by atoms with Crippen molar-refractivity contribution in [2.24, 2.45) is 0 Å². The van der Waals surface area contributed by atoms with E-state index in [1.54, 1.807) is 23.7 Å². The molecule has 0 radical (unpaired) electrons. The number of carbonyl (C=O) groups is 2. The minimum Gasteiger partial charge on any atom is -0.459 e. The zero-order valence-corrected chi connectivity index (χ0v) is 17.2. The lowest BCUT2D eigenvalue weighted by Crippen LogP contribution is -2.24. The summed E-state index contributed by atoms with van der Waals surface area (Å²) in [6, 6.07) is 12.7. The lowest BCUT2D eigenvalue weighted by Gasteiger charge is -2.10. The van der Waals surface area contributed by atoms with Gasteiger partial charge in [0, 0.05) is 17.3 Å². The van der Waals surface area contributed by atoms with Crippen LogP contribution in [0.1, 0.15) is 16.4 Å². The molecule has 0 bridgehead atoms. The Morgan fingerprint density at radius 2 is 2.00 bits per heavy atom. The summed E-state index contributed by atoms with van der Waals surface area (Å²) in [7, 11) is 0. The monoisotopic (exact) mass is 440 g/mol. The van der Waals surface area contributed by atoms with E-state index in [4.69, 9.17) is 4.42 Å². The molecule has 4 rings (SSSR count). The fraction of sp³-hybridized carbons (Fsp3) is 0.105. The molecule has 3 aromatic heterocycles. The summed E-state index contributed by atoms with van der Waals surface area (Å²) in [5.74, 6) is 0.353. The van der Waals surface area contributed by atoms with Crippen LogP contribution in [-0.4, -0.2) is 37.3 Å². The number of nitrogens with zero attached hydrogens (tertiary/aromatic N) is 4. The molecule has 0 fully saturated rings. The molecule has 0 spiro atoms. The first-order valence-electron chi connectivity index (χ1n) is 8.84. The molecule has 2 N–H and O–H groups in total. The summed E-state index contributed by atoms with van der Waals surface area (Å²) >= 11 is 2.60. The van der Waals surface area contributed by atoms with E-state index < -0.39 is 0 Å². The Hall–Kier alpha value is -3.44. The van der Waals surface area contributed by atoms with E-state index >= 15 is 0 Å². The van der Waals surface area contributed by atoms with Gasteiger partial charge in [-0.25, -0.2) is 4.98 Å². The molecule has 0 aliphatic carbocycles.